The number of hydrogen-bond acceptors (Lipinski definition) is 7. The Morgan fingerprint density at radius 3 is 2.96 bits per heavy atom. The lowest BCUT2D eigenvalue weighted by atomic mass is 10.2. The van der Waals surface area contributed by atoms with E-state index < -0.39 is 5.97 Å². The highest BCUT2D eigenvalue weighted by Gasteiger charge is 2.31. The largest absolute Gasteiger partial charge is 0.550 e. The first kappa shape index (κ1) is 15.8. The van der Waals surface area contributed by atoms with Crippen LogP contribution in [0.4, 0.5) is 0 Å². The zero-order chi connectivity index (χ0) is 16.4. The number of aliphatic carboxylic acids is 1. The maximum Gasteiger partial charge on any atom is 0.266 e. The molecule has 23 heavy (non-hydrogen) atoms. The molecule has 6 nitrogen and oxygen atoms in total. The van der Waals surface area contributed by atoms with E-state index in [1.165, 1.54) is 16.7 Å². The second-order valence-corrected chi connectivity index (χ2v) is 6.60. The van der Waals surface area contributed by atoms with Gasteiger partial charge in [0.25, 0.3) is 5.91 Å². The van der Waals surface area contributed by atoms with Crippen LogP contribution in [0.15, 0.2) is 23.1 Å². The first-order valence-electron chi connectivity index (χ1n) is 6.89. The molecule has 0 N–H and O–H groups in total. The molecule has 0 aromatic heterocycles. The highest BCUT2D eigenvalue weighted by molar-refractivity contribution is 8.26. The van der Waals surface area contributed by atoms with Gasteiger partial charge in [0.1, 0.15) is 4.32 Å². The number of ether oxygens (including phenoxy) is 2. The van der Waals surface area contributed by atoms with E-state index in [0.29, 0.717) is 27.1 Å². The molecule has 1 aromatic rings. The molecular formula is C15H12NO5S2-. The lowest BCUT2D eigenvalue weighted by Crippen LogP contribution is -2.30. The Bertz CT molecular complexity index is 716. The average Bonchev–Trinajstić information content (AvgIpc) is 3.06. The van der Waals surface area contributed by atoms with Gasteiger partial charge in [0, 0.05) is 12.5 Å². The molecule has 2 aliphatic rings. The van der Waals surface area contributed by atoms with Gasteiger partial charge < -0.3 is 19.4 Å². The number of carbonyl (C=O) groups is 2. The van der Waals surface area contributed by atoms with E-state index in [4.69, 9.17) is 21.7 Å². The number of nitrogens with zero attached hydrogens (tertiary/aromatic N) is 1. The third kappa shape index (κ3) is 3.48. The fourth-order valence-corrected chi connectivity index (χ4v) is 3.54. The van der Waals surface area contributed by atoms with Crippen molar-refractivity contribution in [3.05, 3.63) is 28.7 Å². The minimum atomic E-state index is -1.13. The Kier molecular flexibility index (Phi) is 4.53. The number of amides is 1. The van der Waals surface area contributed by atoms with Gasteiger partial charge in [0.2, 0.25) is 6.79 Å². The number of thioether (sulfide) groups is 1. The summed E-state index contributed by atoms with van der Waals surface area (Å²) < 4.78 is 11.0. The summed E-state index contributed by atoms with van der Waals surface area (Å²) in [7, 11) is 0. The molecule has 120 valence electrons. The number of carboxylic acid groups (broad SMARTS) is 1. The molecule has 0 unspecified atom stereocenters. The smallest absolute Gasteiger partial charge is 0.266 e. The van der Waals surface area contributed by atoms with Crippen molar-refractivity contribution in [2.24, 2.45) is 0 Å². The minimum absolute atomic E-state index is 0.0989. The van der Waals surface area contributed by atoms with Gasteiger partial charge >= 0.3 is 0 Å². The van der Waals surface area contributed by atoms with Crippen molar-refractivity contribution in [3.63, 3.8) is 0 Å². The molecule has 0 saturated carbocycles. The maximum absolute atomic E-state index is 12.4. The van der Waals surface area contributed by atoms with Crippen molar-refractivity contribution in [2.75, 3.05) is 13.3 Å². The predicted molar refractivity (Wildman–Crippen MR) is 86.7 cm³/mol. The second-order valence-electron chi connectivity index (χ2n) is 4.92. The molecule has 0 atom stereocenters. The van der Waals surface area contributed by atoms with Crippen LogP contribution in [0.2, 0.25) is 0 Å². The van der Waals surface area contributed by atoms with Gasteiger partial charge in [-0.1, -0.05) is 30.0 Å². The van der Waals surface area contributed by atoms with Gasteiger partial charge in [0.15, 0.2) is 11.5 Å². The van der Waals surface area contributed by atoms with Crippen LogP contribution in [0, 0.1) is 0 Å². The van der Waals surface area contributed by atoms with Gasteiger partial charge in [-0.15, -0.1) is 0 Å². The van der Waals surface area contributed by atoms with Crippen LogP contribution in [0.5, 0.6) is 11.5 Å². The molecule has 2 heterocycles. The van der Waals surface area contributed by atoms with E-state index in [1.807, 2.05) is 6.07 Å². The van der Waals surface area contributed by atoms with Crippen LogP contribution in [0.1, 0.15) is 18.4 Å². The van der Waals surface area contributed by atoms with Gasteiger partial charge in [-0.05, 0) is 36.6 Å². The van der Waals surface area contributed by atoms with Crippen LogP contribution in [0.3, 0.4) is 0 Å². The third-order valence-electron chi connectivity index (χ3n) is 3.33. The molecule has 0 spiro atoms. The molecule has 8 heteroatoms. The summed E-state index contributed by atoms with van der Waals surface area (Å²) >= 11 is 6.39. The second kappa shape index (κ2) is 6.59. The molecule has 0 radical (unpaired) electrons. The lowest BCUT2D eigenvalue weighted by Gasteiger charge is -2.14. The summed E-state index contributed by atoms with van der Waals surface area (Å²) in [6.45, 7) is 0.469. The number of carbonyl (C=O) groups excluding carboxylic acids is 2. The summed E-state index contributed by atoms with van der Waals surface area (Å²) in [4.78, 5) is 24.7. The normalized spacial score (nSPS) is 18.1. The summed E-state index contributed by atoms with van der Waals surface area (Å²) in [5.74, 6) is -0.0254. The maximum atomic E-state index is 12.4. The fraction of sp³-hybridized carbons (Fsp3) is 0.267. The lowest BCUT2D eigenvalue weighted by molar-refractivity contribution is -0.305. The standard InChI is InChI=1S/C15H13NO5S2/c17-13(18)2-1-5-16-14(19)12(23-15(16)22)7-9-3-4-10-11(6-9)21-8-20-10/h3-4,6-7H,1-2,5,8H2,(H,17,18)/p-1/b12-7-. The molecule has 1 saturated heterocycles. The number of fused-ring (bicyclic) bond motifs is 1. The van der Waals surface area contributed by atoms with Crippen molar-refractivity contribution in [2.45, 2.75) is 12.8 Å². The fourth-order valence-electron chi connectivity index (χ4n) is 2.23. The number of carboxylic acids is 1. The summed E-state index contributed by atoms with van der Waals surface area (Å²) in [6.07, 6.45) is 1.95. The summed E-state index contributed by atoms with van der Waals surface area (Å²) in [5.41, 5.74) is 0.810. The highest BCUT2D eigenvalue weighted by Crippen LogP contribution is 2.36. The quantitative estimate of drug-likeness (QED) is 0.582. The van der Waals surface area contributed by atoms with Crippen LogP contribution in [-0.2, 0) is 9.59 Å². The van der Waals surface area contributed by atoms with Gasteiger partial charge in [-0.3, -0.25) is 9.69 Å². The monoisotopic (exact) mass is 350 g/mol. The summed E-state index contributed by atoms with van der Waals surface area (Å²) in [5, 5.41) is 10.4. The molecule has 0 aliphatic carbocycles. The third-order valence-corrected chi connectivity index (χ3v) is 4.71. The van der Waals surface area contributed by atoms with Crippen molar-refractivity contribution in [1.82, 2.24) is 4.90 Å². The summed E-state index contributed by atoms with van der Waals surface area (Å²) in [6, 6.07) is 5.41. The number of hydrogen-bond donors (Lipinski definition) is 0. The van der Waals surface area contributed by atoms with Crippen molar-refractivity contribution < 1.29 is 24.2 Å². The van der Waals surface area contributed by atoms with E-state index in [9.17, 15) is 14.7 Å². The van der Waals surface area contributed by atoms with Crippen LogP contribution in [0.25, 0.3) is 6.08 Å². The Labute approximate surface area is 142 Å². The first-order valence-corrected chi connectivity index (χ1v) is 8.12. The molecule has 3 rings (SSSR count). The van der Waals surface area contributed by atoms with Crippen LogP contribution >= 0.6 is 24.0 Å². The van der Waals surface area contributed by atoms with Crippen molar-refractivity contribution >= 4 is 46.3 Å². The van der Waals surface area contributed by atoms with Gasteiger partial charge in [-0.25, -0.2) is 0 Å². The molecule has 0 bridgehead atoms. The van der Waals surface area contributed by atoms with Gasteiger partial charge in [0.05, 0.1) is 4.91 Å². The number of rotatable bonds is 5. The van der Waals surface area contributed by atoms with Crippen LogP contribution in [-0.4, -0.2) is 34.4 Å². The Hall–Kier alpha value is -2.06. The van der Waals surface area contributed by atoms with Gasteiger partial charge in [-0.2, -0.15) is 0 Å². The Balaban J connectivity index is 1.72. The van der Waals surface area contributed by atoms with E-state index in [-0.39, 0.29) is 25.7 Å². The van der Waals surface area contributed by atoms with Crippen molar-refractivity contribution in [1.29, 1.82) is 0 Å². The zero-order valence-corrected chi connectivity index (χ0v) is 13.6. The molecule has 2 aliphatic heterocycles. The molecule has 1 fully saturated rings. The topological polar surface area (TPSA) is 78.9 Å². The average molecular weight is 350 g/mol. The number of thiocarbonyl (C=S) groups is 1. The number of benzene rings is 1. The molecule has 1 amide bonds. The Morgan fingerprint density at radius 1 is 1.39 bits per heavy atom. The predicted octanol–water partition coefficient (Wildman–Crippen LogP) is 1.15. The van der Waals surface area contributed by atoms with E-state index >= 15 is 0 Å². The zero-order valence-electron chi connectivity index (χ0n) is 11.9. The van der Waals surface area contributed by atoms with E-state index in [2.05, 4.69) is 0 Å². The SMILES string of the molecule is O=C([O-])CCCN1C(=O)/C(=C/c2ccc3c(c2)OCO3)SC1=S. The molecule has 1 aromatic carbocycles. The Morgan fingerprint density at radius 2 is 2.17 bits per heavy atom. The van der Waals surface area contributed by atoms with Crippen molar-refractivity contribution in [3.8, 4) is 11.5 Å². The van der Waals surface area contributed by atoms with E-state index in [1.54, 1.807) is 18.2 Å². The first-order chi connectivity index (χ1) is 11.0. The van der Waals surface area contributed by atoms with E-state index in [0.717, 1.165) is 5.56 Å². The minimum Gasteiger partial charge on any atom is -0.550 e. The van der Waals surface area contributed by atoms with Crippen LogP contribution < -0.4 is 14.6 Å². The molecular weight excluding hydrogens is 338 g/mol. The highest BCUT2D eigenvalue weighted by atomic mass is 32.2.